The van der Waals surface area contributed by atoms with Crippen molar-refractivity contribution >= 4 is 35.9 Å². The third kappa shape index (κ3) is 5.90. The minimum Gasteiger partial charge on any atom is -0.335 e. The summed E-state index contributed by atoms with van der Waals surface area (Å²) in [5.74, 6) is 2.63. The zero-order valence-corrected chi connectivity index (χ0v) is 14.9. The van der Waals surface area contributed by atoms with Crippen LogP contribution in [-0.4, -0.2) is 25.1 Å². The molecule has 0 aliphatic carbocycles. The Labute approximate surface area is 138 Å². The summed E-state index contributed by atoms with van der Waals surface area (Å²) in [4.78, 5) is 4.17. The molecule has 0 unspecified atom stereocenters. The van der Waals surface area contributed by atoms with Crippen LogP contribution < -0.4 is 0 Å². The summed E-state index contributed by atoms with van der Waals surface area (Å²) in [7, 11) is 0. The Balaban J connectivity index is 0.00000200. The van der Waals surface area contributed by atoms with Gasteiger partial charge in [0.1, 0.15) is 0 Å². The summed E-state index contributed by atoms with van der Waals surface area (Å²) in [6.07, 6.45) is 15.7. The SMILES string of the molecule is CCCCCCCCC1(Cn2ccnc2)SCCS1.Cl. The van der Waals surface area contributed by atoms with Crippen LogP contribution in [0.2, 0.25) is 0 Å². The predicted molar refractivity (Wildman–Crippen MR) is 95.1 cm³/mol. The first-order chi connectivity index (χ1) is 9.35. The van der Waals surface area contributed by atoms with Gasteiger partial charge in [-0.2, -0.15) is 0 Å². The fourth-order valence-electron chi connectivity index (χ4n) is 2.64. The lowest BCUT2D eigenvalue weighted by Gasteiger charge is -2.27. The number of hydrogen-bond donors (Lipinski definition) is 0. The number of aromatic nitrogens is 2. The average molecular weight is 335 g/mol. The molecule has 2 heterocycles. The molecule has 0 atom stereocenters. The van der Waals surface area contributed by atoms with E-state index in [0.717, 1.165) is 6.54 Å². The molecule has 2 nitrogen and oxygen atoms in total. The van der Waals surface area contributed by atoms with E-state index in [-0.39, 0.29) is 12.4 Å². The summed E-state index contributed by atoms with van der Waals surface area (Å²) in [5.41, 5.74) is 0. The van der Waals surface area contributed by atoms with E-state index in [1.807, 2.05) is 12.5 Å². The molecule has 1 aliphatic heterocycles. The van der Waals surface area contributed by atoms with Gasteiger partial charge in [0.15, 0.2) is 0 Å². The Bertz CT molecular complexity index is 338. The second-order valence-corrected chi connectivity index (χ2v) is 8.58. The van der Waals surface area contributed by atoms with Crippen LogP contribution in [0.3, 0.4) is 0 Å². The zero-order chi connectivity index (χ0) is 13.4. The van der Waals surface area contributed by atoms with Gasteiger partial charge in [-0.3, -0.25) is 0 Å². The van der Waals surface area contributed by atoms with Crippen molar-refractivity contribution in [1.82, 2.24) is 9.55 Å². The van der Waals surface area contributed by atoms with E-state index >= 15 is 0 Å². The smallest absolute Gasteiger partial charge is 0.0946 e. The largest absolute Gasteiger partial charge is 0.335 e. The lowest BCUT2D eigenvalue weighted by molar-refractivity contribution is 0.534. The number of halogens is 1. The van der Waals surface area contributed by atoms with Crippen molar-refractivity contribution in [2.75, 3.05) is 11.5 Å². The fraction of sp³-hybridized carbons (Fsp3) is 0.800. The Morgan fingerprint density at radius 2 is 1.80 bits per heavy atom. The monoisotopic (exact) mass is 334 g/mol. The molecule has 2 rings (SSSR count). The van der Waals surface area contributed by atoms with E-state index < -0.39 is 0 Å². The van der Waals surface area contributed by atoms with Crippen molar-refractivity contribution < 1.29 is 0 Å². The minimum absolute atomic E-state index is 0. The summed E-state index contributed by atoms with van der Waals surface area (Å²) in [6.45, 7) is 3.41. The van der Waals surface area contributed by atoms with E-state index in [2.05, 4.69) is 46.2 Å². The van der Waals surface area contributed by atoms with Gasteiger partial charge in [0.25, 0.3) is 0 Å². The summed E-state index contributed by atoms with van der Waals surface area (Å²) in [6, 6.07) is 0. The maximum Gasteiger partial charge on any atom is 0.0946 e. The van der Waals surface area contributed by atoms with Crippen molar-refractivity contribution in [3.63, 3.8) is 0 Å². The highest BCUT2D eigenvalue weighted by Gasteiger charge is 2.35. The highest BCUT2D eigenvalue weighted by molar-refractivity contribution is 8.21. The highest BCUT2D eigenvalue weighted by Crippen LogP contribution is 2.48. The van der Waals surface area contributed by atoms with Crippen molar-refractivity contribution in [1.29, 1.82) is 0 Å². The summed E-state index contributed by atoms with van der Waals surface area (Å²) < 4.78 is 2.67. The number of hydrogen-bond acceptors (Lipinski definition) is 3. The average Bonchev–Trinajstić information content (AvgIpc) is 3.07. The molecule has 0 amide bonds. The van der Waals surface area contributed by atoms with Gasteiger partial charge in [0.2, 0.25) is 0 Å². The van der Waals surface area contributed by atoms with Gasteiger partial charge in [-0.15, -0.1) is 35.9 Å². The normalized spacial score (nSPS) is 17.1. The third-order valence-electron chi connectivity index (χ3n) is 3.71. The van der Waals surface area contributed by atoms with Gasteiger partial charge in [0.05, 0.1) is 10.4 Å². The minimum atomic E-state index is 0. The first-order valence-electron chi connectivity index (χ1n) is 7.58. The maximum atomic E-state index is 4.17. The third-order valence-corrected chi connectivity index (χ3v) is 7.21. The van der Waals surface area contributed by atoms with Crippen LogP contribution in [0.5, 0.6) is 0 Å². The number of thioether (sulfide) groups is 2. The molecule has 116 valence electrons. The van der Waals surface area contributed by atoms with Gasteiger partial charge in [-0.1, -0.05) is 45.4 Å². The number of imidazole rings is 1. The second-order valence-electron chi connectivity index (χ2n) is 5.36. The van der Waals surface area contributed by atoms with Crippen molar-refractivity contribution in [3.05, 3.63) is 18.7 Å². The number of nitrogens with zero attached hydrogens (tertiary/aromatic N) is 2. The first kappa shape index (κ1) is 18.2. The van der Waals surface area contributed by atoms with Gasteiger partial charge in [0, 0.05) is 30.4 Å². The van der Waals surface area contributed by atoms with Crippen LogP contribution in [0.1, 0.15) is 51.9 Å². The Kier molecular flexibility index (Phi) is 9.14. The van der Waals surface area contributed by atoms with Gasteiger partial charge < -0.3 is 4.57 Å². The van der Waals surface area contributed by atoms with E-state index in [1.165, 1.54) is 56.5 Å². The van der Waals surface area contributed by atoms with Gasteiger partial charge in [-0.05, 0) is 6.42 Å². The molecule has 1 aromatic heterocycles. The summed E-state index contributed by atoms with van der Waals surface area (Å²) >= 11 is 4.34. The molecule has 1 fully saturated rings. The van der Waals surface area contributed by atoms with Crippen LogP contribution >= 0.6 is 35.9 Å². The highest BCUT2D eigenvalue weighted by atomic mass is 35.5. The Morgan fingerprint density at radius 1 is 1.10 bits per heavy atom. The molecule has 0 N–H and O–H groups in total. The van der Waals surface area contributed by atoms with Crippen LogP contribution in [0, 0.1) is 0 Å². The van der Waals surface area contributed by atoms with E-state index in [9.17, 15) is 0 Å². The quantitative estimate of drug-likeness (QED) is 0.576. The molecule has 0 aromatic carbocycles. The topological polar surface area (TPSA) is 17.8 Å². The van der Waals surface area contributed by atoms with Crippen LogP contribution in [0.15, 0.2) is 18.7 Å². The fourth-order valence-corrected chi connectivity index (χ4v) is 5.95. The van der Waals surface area contributed by atoms with Gasteiger partial charge in [-0.25, -0.2) is 4.98 Å². The molecular formula is C15H27ClN2S2. The van der Waals surface area contributed by atoms with Crippen molar-refractivity contribution in [2.45, 2.75) is 62.5 Å². The standard InChI is InChI=1S/C15H26N2S2.ClH/c1-2-3-4-5-6-7-8-15(18-11-12-19-15)13-17-10-9-16-14-17;/h9-10,14H,2-8,11-13H2,1H3;1H. The lowest BCUT2D eigenvalue weighted by atomic mass is 10.1. The van der Waals surface area contributed by atoms with E-state index in [4.69, 9.17) is 0 Å². The van der Waals surface area contributed by atoms with Crippen molar-refractivity contribution in [3.8, 4) is 0 Å². The maximum absolute atomic E-state index is 4.17. The Morgan fingerprint density at radius 3 is 2.45 bits per heavy atom. The van der Waals surface area contributed by atoms with Crippen LogP contribution in [0.25, 0.3) is 0 Å². The molecular weight excluding hydrogens is 308 g/mol. The number of unbranched alkanes of at least 4 members (excludes halogenated alkanes) is 5. The van der Waals surface area contributed by atoms with E-state index in [0.29, 0.717) is 4.08 Å². The second kappa shape index (κ2) is 10.0. The molecule has 0 saturated carbocycles. The lowest BCUT2D eigenvalue weighted by Crippen LogP contribution is -2.24. The number of rotatable bonds is 9. The molecule has 20 heavy (non-hydrogen) atoms. The summed E-state index contributed by atoms with van der Waals surface area (Å²) in [5, 5.41) is 0. The van der Waals surface area contributed by atoms with Gasteiger partial charge >= 0.3 is 0 Å². The zero-order valence-electron chi connectivity index (χ0n) is 12.4. The first-order valence-corrected chi connectivity index (χ1v) is 9.55. The molecule has 0 bridgehead atoms. The molecule has 5 heteroatoms. The van der Waals surface area contributed by atoms with Crippen LogP contribution in [0.4, 0.5) is 0 Å². The van der Waals surface area contributed by atoms with Crippen molar-refractivity contribution in [2.24, 2.45) is 0 Å². The predicted octanol–water partition coefficient (Wildman–Crippen LogP) is 5.23. The molecule has 1 aromatic rings. The Hall–Kier alpha value is 0.200. The van der Waals surface area contributed by atoms with Crippen LogP contribution in [-0.2, 0) is 6.54 Å². The van der Waals surface area contributed by atoms with E-state index in [1.54, 1.807) is 0 Å². The molecule has 0 spiro atoms. The molecule has 1 saturated heterocycles. The molecule has 1 aliphatic rings. The molecule has 0 radical (unpaired) electrons.